The van der Waals surface area contributed by atoms with Crippen LogP contribution in [-0.2, 0) is 17.1 Å². The molecule has 0 aliphatic heterocycles. The van der Waals surface area contributed by atoms with E-state index in [0.717, 1.165) is 35.0 Å². The molecular formula is C23H28N2OS3. The Labute approximate surface area is 185 Å². The number of amides is 1. The van der Waals surface area contributed by atoms with Crippen LogP contribution < -0.4 is 4.80 Å². The summed E-state index contributed by atoms with van der Waals surface area (Å²) in [5.74, 6) is 2.98. The first kappa shape index (κ1) is 22.2. The highest BCUT2D eigenvalue weighted by Gasteiger charge is 2.10. The molecule has 154 valence electrons. The van der Waals surface area contributed by atoms with Gasteiger partial charge in [0.05, 0.1) is 10.2 Å². The molecule has 3 nitrogen and oxygen atoms in total. The van der Waals surface area contributed by atoms with Crippen molar-refractivity contribution in [1.82, 2.24) is 4.57 Å². The van der Waals surface area contributed by atoms with E-state index in [9.17, 15) is 4.79 Å². The van der Waals surface area contributed by atoms with E-state index in [0.29, 0.717) is 6.42 Å². The van der Waals surface area contributed by atoms with E-state index in [-0.39, 0.29) is 5.91 Å². The van der Waals surface area contributed by atoms with Gasteiger partial charge in [-0.1, -0.05) is 47.7 Å². The maximum Gasteiger partial charge on any atom is 0.248 e. The molecule has 0 unspecified atom stereocenters. The summed E-state index contributed by atoms with van der Waals surface area (Å²) in [6, 6.07) is 14.9. The van der Waals surface area contributed by atoms with Gasteiger partial charge in [0.2, 0.25) is 5.91 Å². The zero-order valence-electron chi connectivity index (χ0n) is 17.3. The quantitative estimate of drug-likeness (QED) is 0.390. The van der Waals surface area contributed by atoms with Crippen LogP contribution in [0.3, 0.4) is 0 Å². The second-order valence-electron chi connectivity index (χ2n) is 7.11. The van der Waals surface area contributed by atoms with Crippen molar-refractivity contribution in [3.63, 3.8) is 0 Å². The molecule has 1 heterocycles. The smallest absolute Gasteiger partial charge is 0.248 e. The summed E-state index contributed by atoms with van der Waals surface area (Å²) in [6.07, 6.45) is 3.49. The zero-order valence-corrected chi connectivity index (χ0v) is 19.8. The molecule has 0 saturated heterocycles. The molecule has 1 aromatic heterocycles. The topological polar surface area (TPSA) is 34.4 Å². The maximum atomic E-state index is 12.5. The Morgan fingerprint density at radius 1 is 1.14 bits per heavy atom. The number of thiazole rings is 1. The minimum absolute atomic E-state index is 0.0101. The van der Waals surface area contributed by atoms with E-state index < -0.39 is 0 Å². The summed E-state index contributed by atoms with van der Waals surface area (Å²) in [5.41, 5.74) is 5.04. The Morgan fingerprint density at radius 3 is 2.69 bits per heavy atom. The number of nitrogens with zero attached hydrogens (tertiary/aromatic N) is 2. The van der Waals surface area contributed by atoms with Crippen LogP contribution in [0, 0.1) is 13.8 Å². The Morgan fingerprint density at radius 2 is 1.93 bits per heavy atom. The molecular weight excluding hydrogens is 416 g/mol. The number of aromatic nitrogens is 1. The lowest BCUT2D eigenvalue weighted by atomic mass is 10.1. The van der Waals surface area contributed by atoms with Crippen LogP contribution in [-0.4, -0.2) is 28.2 Å². The van der Waals surface area contributed by atoms with Gasteiger partial charge in [-0.2, -0.15) is 28.5 Å². The average Bonchev–Trinajstić information content (AvgIpc) is 3.04. The molecule has 0 spiro atoms. The van der Waals surface area contributed by atoms with Gasteiger partial charge in [0.15, 0.2) is 4.80 Å². The van der Waals surface area contributed by atoms with E-state index in [1.54, 1.807) is 11.3 Å². The minimum Gasteiger partial charge on any atom is -0.315 e. The first-order valence-corrected chi connectivity index (χ1v) is 13.2. The molecule has 0 fully saturated rings. The monoisotopic (exact) mass is 444 g/mol. The second kappa shape index (κ2) is 11.0. The third-order valence-corrected chi connectivity index (χ3v) is 7.58. The molecule has 3 rings (SSSR count). The SMILES string of the molecule is CSCCn1c(=NC(=O)CCCSCc2ccccc2)sc2c(C)cc(C)cc21. The van der Waals surface area contributed by atoms with Gasteiger partial charge in [-0.25, -0.2) is 0 Å². The van der Waals surface area contributed by atoms with E-state index in [1.807, 2.05) is 29.6 Å². The largest absolute Gasteiger partial charge is 0.315 e. The van der Waals surface area contributed by atoms with Crippen molar-refractivity contribution < 1.29 is 4.79 Å². The molecule has 0 radical (unpaired) electrons. The van der Waals surface area contributed by atoms with Crippen LogP contribution in [0.4, 0.5) is 0 Å². The molecule has 0 aliphatic carbocycles. The fraction of sp³-hybridized carbons (Fsp3) is 0.391. The summed E-state index contributed by atoms with van der Waals surface area (Å²) < 4.78 is 3.46. The number of carbonyl (C=O) groups is 1. The molecule has 6 heteroatoms. The molecule has 0 atom stereocenters. The molecule has 1 amide bonds. The Bertz CT molecular complexity index is 1020. The van der Waals surface area contributed by atoms with Gasteiger partial charge in [-0.3, -0.25) is 4.79 Å². The highest BCUT2D eigenvalue weighted by atomic mass is 32.2. The third-order valence-electron chi connectivity index (χ3n) is 4.64. The predicted molar refractivity (Wildman–Crippen MR) is 130 cm³/mol. The standard InChI is InChI=1S/C23H28N2OS3/c1-17-14-18(2)22-20(15-17)25(11-13-27-3)23(29-22)24-21(26)10-7-12-28-16-19-8-5-4-6-9-19/h4-6,8-9,14-15H,7,10-13,16H2,1-3H3. The molecule has 0 saturated carbocycles. The molecule has 0 aliphatic rings. The van der Waals surface area contributed by atoms with E-state index in [1.165, 1.54) is 26.9 Å². The predicted octanol–water partition coefficient (Wildman–Crippen LogP) is 5.82. The summed E-state index contributed by atoms with van der Waals surface area (Å²) in [5, 5.41) is 0. The van der Waals surface area contributed by atoms with Gasteiger partial charge in [-0.05, 0) is 55.0 Å². The average molecular weight is 445 g/mol. The van der Waals surface area contributed by atoms with Gasteiger partial charge in [0, 0.05) is 24.5 Å². The lowest BCUT2D eigenvalue weighted by Crippen LogP contribution is -2.18. The Balaban J connectivity index is 1.66. The molecule has 0 N–H and O–H groups in total. The number of carbonyl (C=O) groups excluding carboxylic acids is 1. The van der Waals surface area contributed by atoms with Crippen LogP contribution in [0.15, 0.2) is 47.5 Å². The van der Waals surface area contributed by atoms with Crippen molar-refractivity contribution in [3.05, 3.63) is 64.0 Å². The van der Waals surface area contributed by atoms with Crippen molar-refractivity contribution in [2.24, 2.45) is 4.99 Å². The van der Waals surface area contributed by atoms with Gasteiger partial charge in [0.25, 0.3) is 0 Å². The van der Waals surface area contributed by atoms with Crippen LogP contribution in [0.2, 0.25) is 0 Å². The number of fused-ring (bicyclic) bond motifs is 1. The van der Waals surface area contributed by atoms with Crippen LogP contribution in [0.1, 0.15) is 29.5 Å². The van der Waals surface area contributed by atoms with Gasteiger partial charge in [-0.15, -0.1) is 0 Å². The fourth-order valence-electron chi connectivity index (χ4n) is 3.25. The minimum atomic E-state index is -0.0101. The number of benzene rings is 2. The first-order valence-electron chi connectivity index (χ1n) is 9.87. The number of aryl methyl sites for hydroxylation is 3. The lowest BCUT2D eigenvalue weighted by molar-refractivity contribution is -0.118. The lowest BCUT2D eigenvalue weighted by Gasteiger charge is -2.05. The fourth-order valence-corrected chi connectivity index (χ4v) is 5.66. The van der Waals surface area contributed by atoms with Crippen LogP contribution in [0.5, 0.6) is 0 Å². The Kier molecular flexibility index (Phi) is 8.45. The number of rotatable bonds is 9. The van der Waals surface area contributed by atoms with Gasteiger partial charge >= 0.3 is 0 Å². The summed E-state index contributed by atoms with van der Waals surface area (Å²) in [7, 11) is 0. The normalized spacial score (nSPS) is 12.0. The van der Waals surface area contributed by atoms with Crippen LogP contribution >= 0.6 is 34.9 Å². The highest BCUT2D eigenvalue weighted by molar-refractivity contribution is 7.98. The number of hydrogen-bond acceptors (Lipinski definition) is 4. The van der Waals surface area contributed by atoms with Gasteiger partial charge in [0.1, 0.15) is 0 Å². The number of thioether (sulfide) groups is 2. The second-order valence-corrected chi connectivity index (χ2v) is 10.2. The van der Waals surface area contributed by atoms with E-state index >= 15 is 0 Å². The summed E-state index contributed by atoms with van der Waals surface area (Å²) in [6.45, 7) is 5.14. The Hall–Kier alpha value is -1.50. The van der Waals surface area contributed by atoms with Crippen molar-refractivity contribution in [2.75, 3.05) is 17.8 Å². The van der Waals surface area contributed by atoms with Crippen LogP contribution in [0.25, 0.3) is 10.2 Å². The maximum absolute atomic E-state index is 12.5. The number of hydrogen-bond donors (Lipinski definition) is 0. The third kappa shape index (κ3) is 6.24. The summed E-state index contributed by atoms with van der Waals surface area (Å²) >= 11 is 5.33. The molecule has 2 aromatic carbocycles. The first-order chi connectivity index (χ1) is 14.1. The van der Waals surface area contributed by atoms with Crippen molar-refractivity contribution in [3.8, 4) is 0 Å². The summed E-state index contributed by atoms with van der Waals surface area (Å²) in [4.78, 5) is 17.8. The molecule has 3 aromatic rings. The van der Waals surface area contributed by atoms with E-state index in [2.05, 4.69) is 66.1 Å². The van der Waals surface area contributed by atoms with Crippen molar-refractivity contribution >= 4 is 51.0 Å². The van der Waals surface area contributed by atoms with Crippen molar-refractivity contribution in [1.29, 1.82) is 0 Å². The molecule has 0 bridgehead atoms. The molecule has 29 heavy (non-hydrogen) atoms. The van der Waals surface area contributed by atoms with E-state index in [4.69, 9.17) is 0 Å². The van der Waals surface area contributed by atoms with Crippen molar-refractivity contribution in [2.45, 2.75) is 39.0 Å². The zero-order chi connectivity index (χ0) is 20.6. The van der Waals surface area contributed by atoms with Gasteiger partial charge < -0.3 is 4.57 Å². The highest BCUT2D eigenvalue weighted by Crippen LogP contribution is 2.24.